The lowest BCUT2D eigenvalue weighted by molar-refractivity contribution is -0.152. The molecule has 218 valence electrons. The van der Waals surface area contributed by atoms with Crippen LogP contribution in [0.3, 0.4) is 0 Å². The molecule has 9 heteroatoms. The van der Waals surface area contributed by atoms with Crippen LogP contribution in [0.5, 0.6) is 0 Å². The molecule has 3 atom stereocenters. The molecular weight excluding hydrogens is 522 g/mol. The third-order valence-corrected chi connectivity index (χ3v) is 7.09. The van der Waals surface area contributed by atoms with E-state index in [1.54, 1.807) is 26.8 Å². The minimum absolute atomic E-state index is 0.0964. The molecule has 1 heterocycles. The summed E-state index contributed by atoms with van der Waals surface area (Å²) in [6, 6.07) is 12.2. The summed E-state index contributed by atoms with van der Waals surface area (Å²) in [4.78, 5) is 46.7. The van der Waals surface area contributed by atoms with Crippen LogP contribution in [0, 0.1) is 5.41 Å². The van der Waals surface area contributed by atoms with Gasteiger partial charge >= 0.3 is 12.1 Å². The van der Waals surface area contributed by atoms with Gasteiger partial charge in [0, 0.05) is 17.5 Å². The first-order valence-corrected chi connectivity index (χ1v) is 13.7. The van der Waals surface area contributed by atoms with Crippen molar-refractivity contribution < 1.29 is 28.7 Å². The van der Waals surface area contributed by atoms with Gasteiger partial charge in [0.2, 0.25) is 5.91 Å². The van der Waals surface area contributed by atoms with Crippen molar-refractivity contribution in [2.75, 3.05) is 13.7 Å². The van der Waals surface area contributed by atoms with Gasteiger partial charge in [-0.2, -0.15) is 0 Å². The Hall–Kier alpha value is -4.14. The highest BCUT2D eigenvalue weighted by atomic mass is 16.6. The number of fused-ring (bicyclic) bond motifs is 3. The number of carbonyl (C=O) groups is 3. The molecule has 4 rings (SSSR count). The van der Waals surface area contributed by atoms with Crippen LogP contribution in [0.1, 0.15) is 64.7 Å². The summed E-state index contributed by atoms with van der Waals surface area (Å²) in [7, 11) is 1.28. The zero-order valence-electron chi connectivity index (χ0n) is 24.8. The average molecular weight is 562 g/mol. The van der Waals surface area contributed by atoms with Crippen molar-refractivity contribution in [2.45, 2.75) is 71.8 Å². The standard InChI is InChI=1S/C32H39N3O6/c1-9-19-14-15-22-21-12-10-11-13-23(21)26(24(22)16-19)34-41-20-17-25(29(37)39-8)35(18-20)28(36)27(31(2,3)4)33-30(38)40-32(5,6)7/h9-16,20,25,27H,1,17-18H2,2-8H3,(H,33,38)/t20-,25+,27-/m1/s1. The molecule has 2 aromatic rings. The highest BCUT2D eigenvalue weighted by Gasteiger charge is 2.46. The quantitative estimate of drug-likeness (QED) is 0.329. The lowest BCUT2D eigenvalue weighted by Gasteiger charge is -2.35. The molecule has 1 fully saturated rings. The number of ether oxygens (including phenoxy) is 2. The summed E-state index contributed by atoms with van der Waals surface area (Å²) in [6.07, 6.45) is 0.688. The van der Waals surface area contributed by atoms with E-state index in [1.807, 2.05) is 63.2 Å². The maximum atomic E-state index is 13.9. The Kier molecular flexibility index (Phi) is 8.29. The predicted octanol–water partition coefficient (Wildman–Crippen LogP) is 5.16. The Bertz CT molecular complexity index is 1380. The number of benzene rings is 2. The van der Waals surface area contributed by atoms with Crippen molar-refractivity contribution in [3.8, 4) is 11.1 Å². The molecule has 0 spiro atoms. The molecule has 0 bridgehead atoms. The molecule has 0 unspecified atom stereocenters. The Morgan fingerprint density at radius 1 is 1.02 bits per heavy atom. The molecule has 1 N–H and O–H groups in total. The molecule has 1 saturated heterocycles. The summed E-state index contributed by atoms with van der Waals surface area (Å²) in [5, 5.41) is 7.27. The second-order valence-corrected chi connectivity index (χ2v) is 12.4. The van der Waals surface area contributed by atoms with Gasteiger partial charge in [-0.15, -0.1) is 0 Å². The third kappa shape index (κ3) is 6.45. The molecule has 9 nitrogen and oxygen atoms in total. The van der Waals surface area contributed by atoms with Gasteiger partial charge in [0.25, 0.3) is 0 Å². The highest BCUT2D eigenvalue weighted by molar-refractivity contribution is 6.24. The van der Waals surface area contributed by atoms with Crippen LogP contribution in [0.25, 0.3) is 17.2 Å². The van der Waals surface area contributed by atoms with Crippen molar-refractivity contribution in [2.24, 2.45) is 10.6 Å². The van der Waals surface area contributed by atoms with Crippen LogP contribution in [0.4, 0.5) is 4.79 Å². The number of amides is 2. The minimum Gasteiger partial charge on any atom is -0.467 e. The van der Waals surface area contributed by atoms with E-state index < -0.39 is 47.2 Å². The number of likely N-dealkylation sites (tertiary alicyclic amines) is 1. The number of alkyl carbamates (subject to hydrolysis) is 1. The van der Waals surface area contributed by atoms with E-state index in [2.05, 4.69) is 17.1 Å². The molecule has 41 heavy (non-hydrogen) atoms. The first kappa shape index (κ1) is 29.8. The van der Waals surface area contributed by atoms with Gasteiger partial charge in [-0.3, -0.25) is 4.79 Å². The first-order valence-electron chi connectivity index (χ1n) is 13.7. The molecule has 0 saturated carbocycles. The minimum atomic E-state index is -0.958. The molecule has 1 aliphatic carbocycles. The fourth-order valence-corrected chi connectivity index (χ4v) is 5.13. The molecule has 1 aliphatic heterocycles. The number of hydrogen-bond acceptors (Lipinski definition) is 7. The second-order valence-electron chi connectivity index (χ2n) is 12.4. The number of esters is 1. The molecule has 0 radical (unpaired) electrons. The number of rotatable bonds is 6. The SMILES string of the molecule is C=Cc1ccc2c(c1)C(=NO[C@@H]1C[C@@H](C(=O)OC)N(C(=O)[C@@H](NC(=O)OC(C)(C)C)C(C)(C)C)C1)c1ccccc1-2. The number of carbonyl (C=O) groups excluding carboxylic acids is 3. The van der Waals surface area contributed by atoms with Crippen LogP contribution >= 0.6 is 0 Å². The number of oxime groups is 1. The van der Waals surface area contributed by atoms with Crippen molar-refractivity contribution in [1.29, 1.82) is 0 Å². The molecule has 2 amide bonds. The monoisotopic (exact) mass is 561 g/mol. The van der Waals surface area contributed by atoms with Gasteiger partial charge in [0.15, 0.2) is 0 Å². The fraction of sp³-hybridized carbons (Fsp3) is 0.438. The van der Waals surface area contributed by atoms with Gasteiger partial charge in [-0.05, 0) is 48.9 Å². The number of nitrogens with one attached hydrogen (secondary N) is 1. The van der Waals surface area contributed by atoms with E-state index in [-0.39, 0.29) is 13.0 Å². The van der Waals surface area contributed by atoms with Gasteiger partial charge < -0.3 is 24.5 Å². The summed E-state index contributed by atoms with van der Waals surface area (Å²) in [6.45, 7) is 14.7. The van der Waals surface area contributed by atoms with E-state index in [0.29, 0.717) is 5.71 Å². The normalized spacial score (nSPS) is 19.7. The van der Waals surface area contributed by atoms with Gasteiger partial charge in [-0.1, -0.05) is 75.0 Å². The summed E-state index contributed by atoms with van der Waals surface area (Å²) in [5.41, 5.74) is 4.19. The molecule has 2 aromatic carbocycles. The maximum Gasteiger partial charge on any atom is 0.408 e. The zero-order chi connectivity index (χ0) is 30.1. The van der Waals surface area contributed by atoms with Gasteiger partial charge in [0.05, 0.1) is 13.7 Å². The second kappa shape index (κ2) is 11.4. The van der Waals surface area contributed by atoms with E-state index in [1.165, 1.54) is 12.0 Å². The average Bonchev–Trinajstić information content (AvgIpc) is 3.47. The van der Waals surface area contributed by atoms with Crippen LogP contribution in [-0.4, -0.2) is 66.0 Å². The van der Waals surface area contributed by atoms with E-state index in [0.717, 1.165) is 27.8 Å². The predicted molar refractivity (Wildman–Crippen MR) is 157 cm³/mol. The van der Waals surface area contributed by atoms with Crippen LogP contribution in [0.15, 0.2) is 54.2 Å². The van der Waals surface area contributed by atoms with E-state index in [9.17, 15) is 14.4 Å². The third-order valence-electron chi connectivity index (χ3n) is 7.09. The molecular formula is C32H39N3O6. The lowest BCUT2D eigenvalue weighted by atomic mass is 9.85. The maximum absolute atomic E-state index is 13.9. The lowest BCUT2D eigenvalue weighted by Crippen LogP contribution is -2.57. The molecule has 0 aromatic heterocycles. The smallest absolute Gasteiger partial charge is 0.408 e. The van der Waals surface area contributed by atoms with Gasteiger partial charge in [-0.25, -0.2) is 9.59 Å². The zero-order valence-corrected chi connectivity index (χ0v) is 24.8. The Morgan fingerprint density at radius 3 is 2.29 bits per heavy atom. The summed E-state index contributed by atoms with van der Waals surface area (Å²) >= 11 is 0. The van der Waals surface area contributed by atoms with Crippen LogP contribution in [0.2, 0.25) is 0 Å². The fourth-order valence-electron chi connectivity index (χ4n) is 5.13. The molecule has 2 aliphatic rings. The Labute approximate surface area is 241 Å². The van der Waals surface area contributed by atoms with Crippen molar-refractivity contribution in [1.82, 2.24) is 10.2 Å². The first-order chi connectivity index (χ1) is 19.2. The van der Waals surface area contributed by atoms with Crippen molar-refractivity contribution in [3.63, 3.8) is 0 Å². The summed E-state index contributed by atoms with van der Waals surface area (Å²) < 4.78 is 10.4. The number of hydrogen-bond donors (Lipinski definition) is 1. The van der Waals surface area contributed by atoms with Crippen molar-refractivity contribution >= 4 is 29.8 Å². The van der Waals surface area contributed by atoms with Gasteiger partial charge in [0.1, 0.15) is 29.5 Å². The highest BCUT2D eigenvalue weighted by Crippen LogP contribution is 2.38. The van der Waals surface area contributed by atoms with Crippen LogP contribution < -0.4 is 5.32 Å². The largest absolute Gasteiger partial charge is 0.467 e. The number of nitrogens with zero attached hydrogens (tertiary/aromatic N) is 2. The Balaban J connectivity index is 1.60. The van der Waals surface area contributed by atoms with E-state index >= 15 is 0 Å². The summed E-state index contributed by atoms with van der Waals surface area (Å²) in [5.74, 6) is -0.987. The van der Waals surface area contributed by atoms with Crippen LogP contribution in [-0.2, 0) is 23.9 Å². The van der Waals surface area contributed by atoms with Crippen molar-refractivity contribution in [3.05, 3.63) is 65.7 Å². The Morgan fingerprint density at radius 2 is 1.68 bits per heavy atom. The number of methoxy groups -OCH3 is 1. The topological polar surface area (TPSA) is 107 Å². The van der Waals surface area contributed by atoms with E-state index in [4.69, 9.17) is 14.3 Å².